The van der Waals surface area contributed by atoms with Crippen LogP contribution in [0.25, 0.3) is 10.8 Å². The average molecular weight is 418 g/mol. The number of methoxy groups -OCH3 is 1. The van der Waals surface area contributed by atoms with E-state index < -0.39 is 0 Å². The molecule has 7 heteroatoms. The zero-order valence-electron chi connectivity index (χ0n) is 16.6. The number of halogens is 1. The molecule has 2 aliphatic heterocycles. The number of ether oxygens (including phenoxy) is 1. The number of amides is 2. The Bertz CT molecular complexity index is 883. The predicted molar refractivity (Wildman–Crippen MR) is 116 cm³/mol. The molecule has 2 saturated heterocycles. The molecule has 0 aliphatic carbocycles. The number of urea groups is 1. The molecule has 156 valence electrons. The van der Waals surface area contributed by atoms with Crippen LogP contribution in [0.2, 0.25) is 0 Å². The molecule has 1 atom stereocenters. The Morgan fingerprint density at radius 1 is 1.14 bits per heavy atom. The highest BCUT2D eigenvalue weighted by Crippen LogP contribution is 2.29. The zero-order chi connectivity index (χ0) is 19.5. The van der Waals surface area contributed by atoms with E-state index >= 15 is 0 Å². The Labute approximate surface area is 177 Å². The van der Waals surface area contributed by atoms with Crippen molar-refractivity contribution in [3.8, 4) is 0 Å². The van der Waals surface area contributed by atoms with E-state index in [1.54, 1.807) is 6.07 Å². The first-order chi connectivity index (χ1) is 13.7. The molecule has 0 saturated carbocycles. The van der Waals surface area contributed by atoms with Crippen molar-refractivity contribution in [2.45, 2.75) is 25.3 Å². The van der Waals surface area contributed by atoms with E-state index in [2.05, 4.69) is 22.8 Å². The monoisotopic (exact) mass is 417 g/mol. The van der Waals surface area contributed by atoms with E-state index in [-0.39, 0.29) is 30.4 Å². The molecule has 2 aromatic carbocycles. The van der Waals surface area contributed by atoms with E-state index in [1.807, 2.05) is 23.1 Å². The molecular formula is C22H28ClN3O3. The molecule has 0 bridgehead atoms. The van der Waals surface area contributed by atoms with Crippen LogP contribution in [0.15, 0.2) is 36.4 Å². The quantitative estimate of drug-likeness (QED) is 0.730. The van der Waals surface area contributed by atoms with Gasteiger partial charge in [0.25, 0.3) is 0 Å². The molecule has 2 N–H and O–H groups in total. The van der Waals surface area contributed by atoms with Crippen molar-refractivity contribution in [2.24, 2.45) is 5.92 Å². The Morgan fingerprint density at radius 2 is 1.86 bits per heavy atom. The lowest BCUT2D eigenvalue weighted by molar-refractivity contribution is 0.0601. The molecule has 2 fully saturated rings. The van der Waals surface area contributed by atoms with E-state index in [0.29, 0.717) is 18.0 Å². The molecule has 29 heavy (non-hydrogen) atoms. The summed E-state index contributed by atoms with van der Waals surface area (Å²) in [6, 6.07) is 11.9. The Balaban J connectivity index is 0.00000240. The summed E-state index contributed by atoms with van der Waals surface area (Å²) < 4.78 is 4.80. The van der Waals surface area contributed by atoms with E-state index in [4.69, 9.17) is 4.74 Å². The largest absolute Gasteiger partial charge is 0.465 e. The average Bonchev–Trinajstić information content (AvgIpc) is 3.12. The van der Waals surface area contributed by atoms with Gasteiger partial charge < -0.3 is 20.3 Å². The minimum Gasteiger partial charge on any atom is -0.465 e. The first-order valence-corrected chi connectivity index (χ1v) is 10.0. The number of benzene rings is 2. The molecule has 1 unspecified atom stereocenters. The normalized spacial score (nSPS) is 19.7. The third-order valence-corrected chi connectivity index (χ3v) is 5.99. The number of piperidine rings is 1. The maximum absolute atomic E-state index is 12.4. The third-order valence-electron chi connectivity index (χ3n) is 5.99. The van der Waals surface area contributed by atoms with Crippen molar-refractivity contribution in [3.63, 3.8) is 0 Å². The van der Waals surface area contributed by atoms with Crippen LogP contribution in [0.3, 0.4) is 0 Å². The summed E-state index contributed by atoms with van der Waals surface area (Å²) >= 11 is 0. The number of nitrogens with zero attached hydrogens (tertiary/aromatic N) is 1. The maximum Gasteiger partial charge on any atom is 0.337 e. The van der Waals surface area contributed by atoms with Crippen LogP contribution in [-0.4, -0.2) is 50.2 Å². The summed E-state index contributed by atoms with van der Waals surface area (Å²) in [6.45, 7) is 3.59. The Hall–Kier alpha value is -2.31. The second-order valence-corrected chi connectivity index (χ2v) is 7.69. The van der Waals surface area contributed by atoms with Gasteiger partial charge in [0.05, 0.1) is 18.7 Å². The number of esters is 1. The van der Waals surface area contributed by atoms with Crippen LogP contribution in [0.5, 0.6) is 0 Å². The Kier molecular flexibility index (Phi) is 6.98. The minimum absolute atomic E-state index is 0. The fourth-order valence-electron chi connectivity index (χ4n) is 4.30. The molecule has 4 rings (SSSR count). The van der Waals surface area contributed by atoms with Gasteiger partial charge in [-0.3, -0.25) is 0 Å². The standard InChI is InChI=1S/C22H27N3O3.ClH/c1-28-21(26)19-5-3-16-12-18(4-2-17(16)13-19)20-14-24-22(27)25(20)11-8-15-6-9-23-10-7-15;/h2-5,12-13,15,20,23H,6-11,14H2,1H3,(H,24,27);1H. The topological polar surface area (TPSA) is 70.7 Å². The van der Waals surface area contributed by atoms with Crippen molar-refractivity contribution in [1.29, 1.82) is 0 Å². The summed E-state index contributed by atoms with van der Waals surface area (Å²) in [6.07, 6.45) is 3.44. The summed E-state index contributed by atoms with van der Waals surface area (Å²) in [5.74, 6) is 0.365. The molecular weight excluding hydrogens is 390 g/mol. The number of hydrogen-bond acceptors (Lipinski definition) is 4. The lowest BCUT2D eigenvalue weighted by Gasteiger charge is -2.28. The molecule has 0 radical (unpaired) electrons. The first-order valence-electron chi connectivity index (χ1n) is 10.0. The van der Waals surface area contributed by atoms with E-state index in [0.717, 1.165) is 42.4 Å². The first kappa shape index (κ1) is 21.4. The van der Waals surface area contributed by atoms with Gasteiger partial charge in [-0.05, 0) is 72.8 Å². The molecule has 0 spiro atoms. The van der Waals surface area contributed by atoms with Gasteiger partial charge in [0.1, 0.15) is 0 Å². The number of carbonyl (C=O) groups is 2. The van der Waals surface area contributed by atoms with E-state index in [1.165, 1.54) is 20.0 Å². The molecule has 6 nitrogen and oxygen atoms in total. The highest BCUT2D eigenvalue weighted by Gasteiger charge is 2.32. The SMILES string of the molecule is COC(=O)c1ccc2cc(C3CNC(=O)N3CCC3CCNCC3)ccc2c1.Cl. The summed E-state index contributed by atoms with van der Waals surface area (Å²) in [4.78, 5) is 26.1. The van der Waals surface area contributed by atoms with Crippen molar-refractivity contribution < 1.29 is 14.3 Å². The molecule has 2 heterocycles. The highest BCUT2D eigenvalue weighted by atomic mass is 35.5. The molecule has 0 aromatic heterocycles. The van der Waals surface area contributed by atoms with Gasteiger partial charge in [-0.1, -0.05) is 18.2 Å². The van der Waals surface area contributed by atoms with Gasteiger partial charge in [0.2, 0.25) is 0 Å². The van der Waals surface area contributed by atoms with Gasteiger partial charge in [-0.15, -0.1) is 12.4 Å². The predicted octanol–water partition coefficient (Wildman–Crippen LogP) is 3.50. The third kappa shape index (κ3) is 4.65. The number of rotatable bonds is 5. The van der Waals surface area contributed by atoms with Gasteiger partial charge in [0.15, 0.2) is 0 Å². The van der Waals surface area contributed by atoms with Gasteiger partial charge in [0, 0.05) is 13.1 Å². The highest BCUT2D eigenvalue weighted by molar-refractivity contribution is 5.95. The van der Waals surface area contributed by atoms with Crippen LogP contribution in [-0.2, 0) is 4.74 Å². The maximum atomic E-state index is 12.4. The number of hydrogen-bond donors (Lipinski definition) is 2. The van der Waals surface area contributed by atoms with Gasteiger partial charge in [-0.25, -0.2) is 9.59 Å². The second kappa shape index (κ2) is 9.46. The van der Waals surface area contributed by atoms with Crippen LogP contribution in [0.1, 0.15) is 41.2 Å². The van der Waals surface area contributed by atoms with Crippen LogP contribution < -0.4 is 10.6 Å². The minimum atomic E-state index is -0.333. The molecule has 2 amide bonds. The van der Waals surface area contributed by atoms with Crippen molar-refractivity contribution in [3.05, 3.63) is 47.5 Å². The van der Waals surface area contributed by atoms with Gasteiger partial charge >= 0.3 is 12.0 Å². The lowest BCUT2D eigenvalue weighted by atomic mass is 9.94. The molecule has 2 aliphatic rings. The number of carbonyl (C=O) groups excluding carboxylic acids is 2. The van der Waals surface area contributed by atoms with Crippen molar-refractivity contribution in [1.82, 2.24) is 15.5 Å². The second-order valence-electron chi connectivity index (χ2n) is 7.69. The fraction of sp³-hybridized carbons (Fsp3) is 0.455. The van der Waals surface area contributed by atoms with E-state index in [9.17, 15) is 9.59 Å². The van der Waals surface area contributed by atoms with Crippen molar-refractivity contribution in [2.75, 3.05) is 33.3 Å². The smallest absolute Gasteiger partial charge is 0.337 e. The summed E-state index contributed by atoms with van der Waals surface area (Å²) in [5, 5.41) is 8.44. The van der Waals surface area contributed by atoms with Gasteiger partial charge in [-0.2, -0.15) is 0 Å². The van der Waals surface area contributed by atoms with Crippen LogP contribution in [0.4, 0.5) is 4.79 Å². The van der Waals surface area contributed by atoms with Crippen molar-refractivity contribution >= 4 is 35.2 Å². The lowest BCUT2D eigenvalue weighted by Crippen LogP contribution is -2.34. The molecule has 2 aromatic rings. The summed E-state index contributed by atoms with van der Waals surface area (Å²) in [7, 11) is 1.39. The van der Waals surface area contributed by atoms with Crippen LogP contribution >= 0.6 is 12.4 Å². The van der Waals surface area contributed by atoms with Crippen LogP contribution in [0, 0.1) is 5.92 Å². The summed E-state index contributed by atoms with van der Waals surface area (Å²) in [5.41, 5.74) is 1.67. The number of nitrogens with one attached hydrogen (secondary N) is 2. The fourth-order valence-corrected chi connectivity index (χ4v) is 4.30. The Morgan fingerprint density at radius 3 is 2.62 bits per heavy atom. The zero-order valence-corrected chi connectivity index (χ0v) is 17.5. The number of fused-ring (bicyclic) bond motifs is 1.